The van der Waals surface area contributed by atoms with Crippen molar-refractivity contribution in [2.75, 3.05) is 32.7 Å². The third-order valence-electron chi connectivity index (χ3n) is 5.07. The maximum atomic E-state index is 5.01. The summed E-state index contributed by atoms with van der Waals surface area (Å²) in [6, 6.07) is 10.6. The molecule has 3 nitrogen and oxygen atoms in total. The number of benzene rings is 1. The van der Waals surface area contributed by atoms with Gasteiger partial charge in [0, 0.05) is 18.8 Å². The van der Waals surface area contributed by atoms with Crippen molar-refractivity contribution >= 4 is 5.71 Å². The third-order valence-corrected chi connectivity index (χ3v) is 5.07. The molecule has 0 amide bonds. The molecule has 1 fully saturated rings. The molecule has 1 aromatic carbocycles. The first-order valence-corrected chi connectivity index (χ1v) is 10.7. The number of rotatable bonds is 10. The van der Waals surface area contributed by atoms with E-state index in [2.05, 4.69) is 78.7 Å². The molecule has 28 heavy (non-hydrogen) atoms. The van der Waals surface area contributed by atoms with Crippen molar-refractivity contribution in [2.24, 2.45) is 4.99 Å². The summed E-state index contributed by atoms with van der Waals surface area (Å²) in [4.78, 5) is 7.56. The molecule has 0 spiro atoms. The van der Waals surface area contributed by atoms with Gasteiger partial charge in [-0.2, -0.15) is 0 Å². The fourth-order valence-corrected chi connectivity index (χ4v) is 3.40. The highest BCUT2D eigenvalue weighted by Crippen LogP contribution is 2.15. The molecule has 3 heteroatoms. The largest absolute Gasteiger partial charge is 0.311 e. The summed E-state index contributed by atoms with van der Waals surface area (Å²) >= 11 is 0. The average Bonchev–Trinajstić information content (AvgIpc) is 2.72. The number of nitrogens with zero attached hydrogens (tertiary/aromatic N) is 2. The molecule has 1 saturated heterocycles. The highest BCUT2D eigenvalue weighted by molar-refractivity contribution is 5.85. The zero-order valence-electron chi connectivity index (χ0n) is 18.0. The van der Waals surface area contributed by atoms with Crippen LogP contribution in [0.1, 0.15) is 45.6 Å². The first kappa shape index (κ1) is 22.3. The third kappa shape index (κ3) is 8.81. The smallest absolute Gasteiger partial charge is 0.0572 e. The van der Waals surface area contributed by atoms with Crippen LogP contribution in [0, 0.1) is 0 Å². The number of allylic oxidation sites excluding steroid dienone is 5. The summed E-state index contributed by atoms with van der Waals surface area (Å²) < 4.78 is 0. The number of hydrogen-bond acceptors (Lipinski definition) is 3. The van der Waals surface area contributed by atoms with Gasteiger partial charge in [-0.3, -0.25) is 9.89 Å². The minimum Gasteiger partial charge on any atom is -0.311 e. The molecule has 1 N–H and O–H groups in total. The molecule has 1 aliphatic rings. The molecule has 2 rings (SSSR count). The fourth-order valence-electron chi connectivity index (χ4n) is 3.40. The van der Waals surface area contributed by atoms with Crippen molar-refractivity contribution in [2.45, 2.75) is 46.5 Å². The standard InChI is InChI=1S/C25H37N3/c1-4-5-8-13-22(2)25(21-28-18-11-7-12-19-28)27-23(3)20-26-17-16-24-14-9-6-10-15-24/h4-6,8-10,13-15,26H,7,11-12,16-21H2,1-3H3/b5-4-,13-8-,25-22+,27-23?. The van der Waals surface area contributed by atoms with Crippen LogP contribution in [-0.4, -0.2) is 43.3 Å². The average molecular weight is 380 g/mol. The van der Waals surface area contributed by atoms with Crippen LogP contribution in [0.2, 0.25) is 0 Å². The molecule has 0 atom stereocenters. The first-order chi connectivity index (χ1) is 13.7. The molecule has 0 saturated carbocycles. The maximum Gasteiger partial charge on any atom is 0.0572 e. The monoisotopic (exact) mass is 379 g/mol. The normalized spacial score (nSPS) is 17.5. The maximum absolute atomic E-state index is 5.01. The lowest BCUT2D eigenvalue weighted by atomic mass is 10.1. The molecule has 1 aromatic rings. The van der Waals surface area contributed by atoms with E-state index in [9.17, 15) is 0 Å². The molecule has 0 radical (unpaired) electrons. The van der Waals surface area contributed by atoms with Crippen LogP contribution < -0.4 is 5.32 Å². The SMILES string of the molecule is C\C=C/C=C\C(C)=C(/CN1CCCCC1)N=C(C)CNCCc1ccccc1. The van der Waals surface area contributed by atoms with Crippen molar-refractivity contribution in [3.63, 3.8) is 0 Å². The Kier molecular flexibility index (Phi) is 10.6. The van der Waals surface area contributed by atoms with Crippen molar-refractivity contribution in [3.05, 3.63) is 71.5 Å². The predicted octanol–water partition coefficient (Wildman–Crippen LogP) is 5.17. The minimum atomic E-state index is 0.836. The Morgan fingerprint density at radius 3 is 2.54 bits per heavy atom. The van der Waals surface area contributed by atoms with Crippen LogP contribution in [0.3, 0.4) is 0 Å². The van der Waals surface area contributed by atoms with Crippen molar-refractivity contribution in [1.29, 1.82) is 0 Å². The summed E-state index contributed by atoms with van der Waals surface area (Å²) in [5.74, 6) is 0. The van der Waals surface area contributed by atoms with Crippen molar-refractivity contribution in [1.82, 2.24) is 10.2 Å². The number of piperidine rings is 1. The van der Waals surface area contributed by atoms with Crippen LogP contribution in [0.15, 0.2) is 70.9 Å². The first-order valence-electron chi connectivity index (χ1n) is 10.7. The predicted molar refractivity (Wildman–Crippen MR) is 123 cm³/mol. The van der Waals surface area contributed by atoms with E-state index in [0.29, 0.717) is 0 Å². The Balaban J connectivity index is 1.94. The zero-order valence-corrected chi connectivity index (χ0v) is 18.0. The van der Waals surface area contributed by atoms with Gasteiger partial charge in [0.1, 0.15) is 0 Å². The Labute approximate surface area is 171 Å². The lowest BCUT2D eigenvalue weighted by molar-refractivity contribution is 0.245. The molecular weight excluding hydrogens is 342 g/mol. The van der Waals surface area contributed by atoms with Crippen LogP contribution >= 0.6 is 0 Å². The minimum absolute atomic E-state index is 0.836. The number of aliphatic imine (C=N–C) groups is 1. The van der Waals surface area contributed by atoms with Gasteiger partial charge >= 0.3 is 0 Å². The van der Waals surface area contributed by atoms with Gasteiger partial charge in [0.2, 0.25) is 0 Å². The summed E-state index contributed by atoms with van der Waals surface area (Å²) in [6.07, 6.45) is 13.4. The topological polar surface area (TPSA) is 27.6 Å². The summed E-state index contributed by atoms with van der Waals surface area (Å²) in [5, 5.41) is 3.54. The number of hydrogen-bond donors (Lipinski definition) is 1. The molecule has 0 unspecified atom stereocenters. The van der Waals surface area contributed by atoms with E-state index in [4.69, 9.17) is 4.99 Å². The highest BCUT2D eigenvalue weighted by Gasteiger charge is 2.12. The lowest BCUT2D eigenvalue weighted by Crippen LogP contribution is -2.32. The van der Waals surface area contributed by atoms with Gasteiger partial charge in [-0.25, -0.2) is 0 Å². The van der Waals surface area contributed by atoms with Gasteiger partial charge in [0.15, 0.2) is 0 Å². The van der Waals surface area contributed by atoms with Gasteiger partial charge in [0.25, 0.3) is 0 Å². The van der Waals surface area contributed by atoms with E-state index in [1.807, 2.05) is 6.92 Å². The number of likely N-dealkylation sites (tertiary alicyclic amines) is 1. The van der Waals surface area contributed by atoms with Gasteiger partial charge in [0.05, 0.1) is 5.70 Å². The van der Waals surface area contributed by atoms with E-state index in [1.54, 1.807) is 0 Å². The Hall–Kier alpha value is -1.97. The number of nitrogens with one attached hydrogen (secondary N) is 1. The van der Waals surface area contributed by atoms with Crippen LogP contribution in [0.4, 0.5) is 0 Å². The van der Waals surface area contributed by atoms with Crippen LogP contribution in [-0.2, 0) is 6.42 Å². The highest BCUT2D eigenvalue weighted by atomic mass is 15.1. The van der Waals surface area contributed by atoms with E-state index < -0.39 is 0 Å². The molecule has 1 heterocycles. The second-order valence-corrected chi connectivity index (χ2v) is 7.61. The summed E-state index contributed by atoms with van der Waals surface area (Å²) in [5.41, 5.74) is 4.98. The van der Waals surface area contributed by atoms with Gasteiger partial charge < -0.3 is 5.32 Å². The molecular formula is C25H37N3. The summed E-state index contributed by atoms with van der Waals surface area (Å²) in [6.45, 7) is 11.5. The van der Waals surface area contributed by atoms with E-state index >= 15 is 0 Å². The van der Waals surface area contributed by atoms with Crippen molar-refractivity contribution in [3.8, 4) is 0 Å². The molecule has 0 bridgehead atoms. The second-order valence-electron chi connectivity index (χ2n) is 7.61. The van der Waals surface area contributed by atoms with E-state index in [0.717, 1.165) is 31.8 Å². The van der Waals surface area contributed by atoms with Crippen LogP contribution in [0.5, 0.6) is 0 Å². The van der Waals surface area contributed by atoms with Gasteiger partial charge in [-0.05, 0) is 70.8 Å². The van der Waals surface area contributed by atoms with Crippen molar-refractivity contribution < 1.29 is 0 Å². The second kappa shape index (κ2) is 13.2. The molecule has 1 aliphatic heterocycles. The Morgan fingerprint density at radius 1 is 1.07 bits per heavy atom. The Bertz CT molecular complexity index is 677. The molecule has 0 aromatic heterocycles. The van der Waals surface area contributed by atoms with E-state index in [1.165, 1.54) is 49.2 Å². The van der Waals surface area contributed by atoms with Gasteiger partial charge in [-0.1, -0.05) is 61.1 Å². The van der Waals surface area contributed by atoms with Gasteiger partial charge in [-0.15, -0.1) is 0 Å². The molecule has 152 valence electrons. The zero-order chi connectivity index (χ0) is 20.0. The van der Waals surface area contributed by atoms with E-state index in [-0.39, 0.29) is 0 Å². The van der Waals surface area contributed by atoms with Crippen LogP contribution in [0.25, 0.3) is 0 Å². The summed E-state index contributed by atoms with van der Waals surface area (Å²) in [7, 11) is 0. The quantitative estimate of drug-likeness (QED) is 0.345. The Morgan fingerprint density at radius 2 is 1.82 bits per heavy atom. The molecule has 0 aliphatic carbocycles. The lowest BCUT2D eigenvalue weighted by Gasteiger charge is -2.27. The fraction of sp³-hybridized carbons (Fsp3) is 0.480.